The summed E-state index contributed by atoms with van der Waals surface area (Å²) in [6, 6.07) is 15.6. The molecule has 0 saturated carbocycles. The Morgan fingerprint density at radius 2 is 1.92 bits per heavy atom. The number of carbonyl (C=O) groups excluding carboxylic acids is 1. The van der Waals surface area contributed by atoms with E-state index < -0.39 is 0 Å². The standard InChI is InChI=1S/C20H23N3O/c1-3-4-7-16-10-12-17(13-11-16)22-20(24)15(2)23-14-21-18-8-5-6-9-19(18)23/h5-6,8-15H,3-4,7H2,1-2H3,(H,22,24). The van der Waals surface area contributed by atoms with Crippen LogP contribution in [0.2, 0.25) is 0 Å². The number of nitrogens with zero attached hydrogens (tertiary/aromatic N) is 2. The van der Waals surface area contributed by atoms with Crippen LogP contribution in [0.15, 0.2) is 54.9 Å². The second kappa shape index (κ2) is 7.30. The van der Waals surface area contributed by atoms with Crippen LogP contribution in [0.3, 0.4) is 0 Å². The lowest BCUT2D eigenvalue weighted by atomic mass is 10.1. The Morgan fingerprint density at radius 1 is 1.17 bits per heavy atom. The molecule has 0 aliphatic rings. The quantitative estimate of drug-likeness (QED) is 0.722. The molecule has 1 amide bonds. The summed E-state index contributed by atoms with van der Waals surface area (Å²) >= 11 is 0. The van der Waals surface area contributed by atoms with Crippen molar-refractivity contribution in [1.29, 1.82) is 0 Å². The zero-order chi connectivity index (χ0) is 16.9. The van der Waals surface area contributed by atoms with Gasteiger partial charge in [-0.25, -0.2) is 4.98 Å². The van der Waals surface area contributed by atoms with Gasteiger partial charge < -0.3 is 9.88 Å². The minimum atomic E-state index is -0.322. The number of carbonyl (C=O) groups is 1. The topological polar surface area (TPSA) is 46.9 Å². The molecule has 1 heterocycles. The summed E-state index contributed by atoms with van der Waals surface area (Å²) in [5.41, 5.74) is 4.01. The number of para-hydroxylation sites is 2. The van der Waals surface area contributed by atoms with E-state index in [2.05, 4.69) is 29.4 Å². The number of fused-ring (bicyclic) bond motifs is 1. The Morgan fingerprint density at radius 3 is 2.67 bits per heavy atom. The molecule has 1 N–H and O–H groups in total. The summed E-state index contributed by atoms with van der Waals surface area (Å²) < 4.78 is 1.90. The van der Waals surface area contributed by atoms with Crippen LogP contribution in [0.25, 0.3) is 11.0 Å². The predicted molar refractivity (Wildman–Crippen MR) is 98.1 cm³/mol. The van der Waals surface area contributed by atoms with E-state index in [-0.39, 0.29) is 11.9 Å². The minimum absolute atomic E-state index is 0.0422. The summed E-state index contributed by atoms with van der Waals surface area (Å²) in [5.74, 6) is -0.0422. The van der Waals surface area contributed by atoms with Gasteiger partial charge in [-0.15, -0.1) is 0 Å². The first-order valence-electron chi connectivity index (χ1n) is 8.50. The van der Waals surface area contributed by atoms with Crippen molar-refractivity contribution in [3.8, 4) is 0 Å². The smallest absolute Gasteiger partial charge is 0.247 e. The average molecular weight is 321 g/mol. The van der Waals surface area contributed by atoms with Crippen molar-refractivity contribution in [2.75, 3.05) is 5.32 Å². The summed E-state index contributed by atoms with van der Waals surface area (Å²) in [4.78, 5) is 16.9. The third-order valence-corrected chi connectivity index (χ3v) is 4.32. The van der Waals surface area contributed by atoms with Crippen molar-refractivity contribution in [3.63, 3.8) is 0 Å². The number of unbranched alkanes of at least 4 members (excludes halogenated alkanes) is 1. The summed E-state index contributed by atoms with van der Waals surface area (Å²) in [7, 11) is 0. The molecule has 0 bridgehead atoms. The number of anilines is 1. The summed E-state index contributed by atoms with van der Waals surface area (Å²) in [6.07, 6.45) is 5.19. The molecule has 0 aliphatic carbocycles. The molecule has 1 aromatic heterocycles. The lowest BCUT2D eigenvalue weighted by Crippen LogP contribution is -2.23. The number of hydrogen-bond donors (Lipinski definition) is 1. The van der Waals surface area contributed by atoms with Crippen molar-refractivity contribution < 1.29 is 4.79 Å². The number of benzene rings is 2. The van der Waals surface area contributed by atoms with Crippen LogP contribution in [-0.4, -0.2) is 15.5 Å². The lowest BCUT2D eigenvalue weighted by molar-refractivity contribution is -0.118. The Balaban J connectivity index is 1.70. The van der Waals surface area contributed by atoms with E-state index in [9.17, 15) is 4.79 Å². The zero-order valence-electron chi connectivity index (χ0n) is 14.2. The van der Waals surface area contributed by atoms with Gasteiger partial charge in [-0.05, 0) is 49.6 Å². The highest BCUT2D eigenvalue weighted by Crippen LogP contribution is 2.19. The molecule has 0 spiro atoms. The van der Waals surface area contributed by atoms with Crippen LogP contribution in [0.1, 0.15) is 38.3 Å². The third-order valence-electron chi connectivity index (χ3n) is 4.32. The van der Waals surface area contributed by atoms with Crippen LogP contribution in [-0.2, 0) is 11.2 Å². The molecule has 24 heavy (non-hydrogen) atoms. The molecule has 4 nitrogen and oxygen atoms in total. The van der Waals surface area contributed by atoms with Gasteiger partial charge in [0.1, 0.15) is 6.04 Å². The number of aryl methyl sites for hydroxylation is 1. The second-order valence-corrected chi connectivity index (χ2v) is 6.11. The minimum Gasteiger partial charge on any atom is -0.324 e. The fourth-order valence-corrected chi connectivity index (χ4v) is 2.80. The highest BCUT2D eigenvalue weighted by atomic mass is 16.2. The van der Waals surface area contributed by atoms with Crippen LogP contribution in [0.4, 0.5) is 5.69 Å². The van der Waals surface area contributed by atoms with Crippen molar-refractivity contribution >= 4 is 22.6 Å². The van der Waals surface area contributed by atoms with Gasteiger partial charge in [0.25, 0.3) is 0 Å². The lowest BCUT2D eigenvalue weighted by Gasteiger charge is -2.15. The molecule has 3 rings (SSSR count). The van der Waals surface area contributed by atoms with Gasteiger partial charge in [0.15, 0.2) is 0 Å². The monoisotopic (exact) mass is 321 g/mol. The fraction of sp³-hybridized carbons (Fsp3) is 0.300. The molecule has 4 heteroatoms. The first-order valence-corrected chi connectivity index (χ1v) is 8.50. The molecular weight excluding hydrogens is 298 g/mol. The molecule has 124 valence electrons. The van der Waals surface area contributed by atoms with Gasteiger partial charge in [-0.3, -0.25) is 4.79 Å². The first-order chi connectivity index (χ1) is 11.7. The number of rotatable bonds is 6. The molecule has 0 aliphatic heterocycles. The van der Waals surface area contributed by atoms with Gasteiger partial charge >= 0.3 is 0 Å². The second-order valence-electron chi connectivity index (χ2n) is 6.11. The van der Waals surface area contributed by atoms with Crippen LogP contribution < -0.4 is 5.32 Å². The van der Waals surface area contributed by atoms with E-state index in [0.717, 1.165) is 23.1 Å². The Hall–Kier alpha value is -2.62. The van der Waals surface area contributed by atoms with Gasteiger partial charge in [0.05, 0.1) is 17.4 Å². The van der Waals surface area contributed by atoms with E-state index in [0.29, 0.717) is 0 Å². The number of hydrogen-bond acceptors (Lipinski definition) is 2. The van der Waals surface area contributed by atoms with E-state index in [1.165, 1.54) is 18.4 Å². The Labute approximate surface area is 142 Å². The molecule has 1 unspecified atom stereocenters. The number of amides is 1. The largest absolute Gasteiger partial charge is 0.324 e. The maximum Gasteiger partial charge on any atom is 0.247 e. The molecule has 0 saturated heterocycles. The Bertz CT molecular complexity index is 820. The van der Waals surface area contributed by atoms with Gasteiger partial charge in [-0.2, -0.15) is 0 Å². The summed E-state index contributed by atoms with van der Waals surface area (Å²) in [5, 5.41) is 2.99. The Kier molecular flexibility index (Phi) is 4.94. The van der Waals surface area contributed by atoms with Crippen molar-refractivity contribution in [1.82, 2.24) is 9.55 Å². The van der Waals surface area contributed by atoms with Crippen LogP contribution >= 0.6 is 0 Å². The summed E-state index contributed by atoms with van der Waals surface area (Å²) in [6.45, 7) is 4.08. The highest BCUT2D eigenvalue weighted by molar-refractivity contribution is 5.94. The maximum absolute atomic E-state index is 12.6. The molecule has 0 radical (unpaired) electrons. The predicted octanol–water partition coefficient (Wildman–Crippen LogP) is 4.58. The molecular formula is C20H23N3O. The van der Waals surface area contributed by atoms with Crippen molar-refractivity contribution in [3.05, 3.63) is 60.4 Å². The van der Waals surface area contributed by atoms with Crippen LogP contribution in [0, 0.1) is 0 Å². The van der Waals surface area contributed by atoms with Gasteiger partial charge in [0.2, 0.25) is 5.91 Å². The number of imidazole rings is 1. The molecule has 1 atom stereocenters. The molecule has 0 fully saturated rings. The first kappa shape index (κ1) is 16.2. The van der Waals surface area contributed by atoms with E-state index >= 15 is 0 Å². The highest BCUT2D eigenvalue weighted by Gasteiger charge is 2.17. The van der Waals surface area contributed by atoms with Gasteiger partial charge in [-0.1, -0.05) is 37.6 Å². The normalized spacial score (nSPS) is 12.2. The van der Waals surface area contributed by atoms with Crippen molar-refractivity contribution in [2.24, 2.45) is 0 Å². The third kappa shape index (κ3) is 3.48. The number of nitrogens with one attached hydrogen (secondary N) is 1. The SMILES string of the molecule is CCCCc1ccc(NC(=O)C(C)n2cnc3ccccc32)cc1. The van der Waals surface area contributed by atoms with E-state index in [1.807, 2.05) is 47.9 Å². The molecule has 3 aromatic rings. The fourth-order valence-electron chi connectivity index (χ4n) is 2.80. The maximum atomic E-state index is 12.6. The number of aromatic nitrogens is 2. The van der Waals surface area contributed by atoms with Crippen LogP contribution in [0.5, 0.6) is 0 Å². The average Bonchev–Trinajstić information content (AvgIpc) is 3.04. The van der Waals surface area contributed by atoms with Crippen molar-refractivity contribution in [2.45, 2.75) is 39.2 Å². The van der Waals surface area contributed by atoms with Gasteiger partial charge in [0, 0.05) is 5.69 Å². The zero-order valence-corrected chi connectivity index (χ0v) is 14.2. The molecule has 2 aromatic carbocycles. The van der Waals surface area contributed by atoms with E-state index in [4.69, 9.17) is 0 Å². The van der Waals surface area contributed by atoms with E-state index in [1.54, 1.807) is 6.33 Å².